The largest absolute Gasteiger partial charge is 0.468 e. The summed E-state index contributed by atoms with van der Waals surface area (Å²) in [4.78, 5) is 19.9. The molecule has 0 bridgehead atoms. The third-order valence-corrected chi connectivity index (χ3v) is 4.98. The van der Waals surface area contributed by atoms with Crippen molar-refractivity contribution < 1.29 is 9.21 Å². The molecule has 1 atom stereocenters. The second kappa shape index (κ2) is 8.29. The van der Waals surface area contributed by atoms with Gasteiger partial charge in [-0.2, -0.15) is 0 Å². The van der Waals surface area contributed by atoms with Crippen molar-refractivity contribution in [2.75, 3.05) is 20.6 Å². The zero-order valence-corrected chi connectivity index (χ0v) is 16.5. The molecule has 146 valence electrons. The van der Waals surface area contributed by atoms with Gasteiger partial charge in [0.15, 0.2) is 0 Å². The van der Waals surface area contributed by atoms with Gasteiger partial charge in [-0.05, 0) is 38.4 Å². The van der Waals surface area contributed by atoms with Gasteiger partial charge in [-0.15, -0.1) is 0 Å². The maximum Gasteiger partial charge on any atom is 0.252 e. The fraction of sp³-hybridized carbons (Fsp3) is 0.167. The normalized spacial score (nSPS) is 12.2. The van der Waals surface area contributed by atoms with E-state index in [1.165, 1.54) is 0 Å². The second-order valence-corrected chi connectivity index (χ2v) is 7.14. The van der Waals surface area contributed by atoms with Crippen LogP contribution >= 0.6 is 0 Å². The lowest BCUT2D eigenvalue weighted by molar-refractivity contribution is 0.0940. The number of nitrogens with zero attached hydrogens (tertiary/aromatic N) is 2. The number of pyridine rings is 1. The Bertz CT molecular complexity index is 1110. The van der Waals surface area contributed by atoms with Gasteiger partial charge in [0.05, 0.1) is 29.1 Å². The first kappa shape index (κ1) is 18.9. The minimum Gasteiger partial charge on any atom is -0.468 e. The van der Waals surface area contributed by atoms with Gasteiger partial charge in [0.1, 0.15) is 5.76 Å². The van der Waals surface area contributed by atoms with Gasteiger partial charge in [0, 0.05) is 17.5 Å². The van der Waals surface area contributed by atoms with Crippen molar-refractivity contribution in [3.05, 3.63) is 90.4 Å². The smallest absolute Gasteiger partial charge is 0.252 e. The molecule has 5 heteroatoms. The summed E-state index contributed by atoms with van der Waals surface area (Å²) >= 11 is 0. The second-order valence-electron chi connectivity index (χ2n) is 7.14. The lowest BCUT2D eigenvalue weighted by Crippen LogP contribution is -2.34. The van der Waals surface area contributed by atoms with E-state index in [0.29, 0.717) is 12.1 Å². The van der Waals surface area contributed by atoms with Crippen LogP contribution in [-0.4, -0.2) is 36.4 Å². The van der Waals surface area contributed by atoms with Gasteiger partial charge in [0.2, 0.25) is 0 Å². The van der Waals surface area contributed by atoms with Gasteiger partial charge in [-0.25, -0.2) is 4.98 Å². The van der Waals surface area contributed by atoms with Crippen LogP contribution in [0.25, 0.3) is 22.2 Å². The molecule has 4 rings (SSSR count). The highest BCUT2D eigenvalue weighted by Gasteiger charge is 2.20. The summed E-state index contributed by atoms with van der Waals surface area (Å²) < 4.78 is 5.54. The molecule has 0 fully saturated rings. The molecular weight excluding hydrogens is 362 g/mol. The van der Waals surface area contributed by atoms with Gasteiger partial charge >= 0.3 is 0 Å². The molecule has 0 aliphatic carbocycles. The topological polar surface area (TPSA) is 58.4 Å². The van der Waals surface area contributed by atoms with Crippen LogP contribution in [0.4, 0.5) is 0 Å². The number of rotatable bonds is 6. The van der Waals surface area contributed by atoms with Gasteiger partial charge in [0.25, 0.3) is 5.91 Å². The Morgan fingerprint density at radius 3 is 2.52 bits per heavy atom. The number of carbonyl (C=O) groups is 1. The summed E-state index contributed by atoms with van der Waals surface area (Å²) in [7, 11) is 3.93. The van der Waals surface area contributed by atoms with E-state index in [1.54, 1.807) is 6.26 Å². The summed E-state index contributed by atoms with van der Waals surface area (Å²) in [6.07, 6.45) is 1.65. The molecule has 0 radical (unpaired) electrons. The van der Waals surface area contributed by atoms with Crippen molar-refractivity contribution in [2.45, 2.75) is 6.04 Å². The highest BCUT2D eigenvalue weighted by atomic mass is 16.3. The van der Waals surface area contributed by atoms with Crippen molar-refractivity contribution >= 4 is 16.8 Å². The summed E-state index contributed by atoms with van der Waals surface area (Å²) in [6, 6.07) is 23.2. The predicted octanol–water partition coefficient (Wildman–Crippen LogP) is 4.53. The van der Waals surface area contributed by atoms with E-state index in [9.17, 15) is 4.79 Å². The molecule has 5 nitrogen and oxygen atoms in total. The zero-order valence-electron chi connectivity index (χ0n) is 16.5. The number of para-hydroxylation sites is 1. The number of benzene rings is 2. The molecule has 2 aromatic carbocycles. The van der Waals surface area contributed by atoms with Crippen LogP contribution < -0.4 is 5.32 Å². The van der Waals surface area contributed by atoms with Crippen LogP contribution in [0.2, 0.25) is 0 Å². The molecule has 0 aliphatic rings. The Morgan fingerprint density at radius 1 is 1.03 bits per heavy atom. The molecule has 0 saturated heterocycles. The summed E-state index contributed by atoms with van der Waals surface area (Å²) in [5, 5.41) is 3.91. The first-order valence-electron chi connectivity index (χ1n) is 9.56. The van der Waals surface area contributed by atoms with Gasteiger partial charge < -0.3 is 9.73 Å². The first-order chi connectivity index (χ1) is 14.1. The van der Waals surface area contributed by atoms with E-state index in [1.807, 2.05) is 91.8 Å². The standard InChI is InChI=1S/C24H23N3O2/c1-27(2)22(23-13-8-14-29-23)16-25-24(28)19-15-21(17-9-4-3-5-10-17)26-20-12-7-6-11-18(19)20/h3-15,22H,16H2,1-2H3,(H,25,28)/t22-/m0/s1. The Morgan fingerprint density at radius 2 is 1.79 bits per heavy atom. The average Bonchev–Trinajstić information content (AvgIpc) is 3.28. The highest BCUT2D eigenvalue weighted by molar-refractivity contribution is 6.07. The molecule has 29 heavy (non-hydrogen) atoms. The molecule has 4 aromatic rings. The molecule has 1 amide bonds. The Hall–Kier alpha value is -3.44. The molecule has 2 heterocycles. The zero-order chi connectivity index (χ0) is 20.2. The molecule has 1 N–H and O–H groups in total. The SMILES string of the molecule is CN(C)[C@@H](CNC(=O)c1cc(-c2ccccc2)nc2ccccc12)c1ccco1. The van der Waals surface area contributed by atoms with Crippen LogP contribution in [0, 0.1) is 0 Å². The first-order valence-corrected chi connectivity index (χ1v) is 9.56. The van der Waals surface area contributed by atoms with Crippen molar-refractivity contribution in [1.29, 1.82) is 0 Å². The Balaban J connectivity index is 1.66. The lowest BCUT2D eigenvalue weighted by Gasteiger charge is -2.22. The number of hydrogen-bond donors (Lipinski definition) is 1. The average molecular weight is 385 g/mol. The molecular formula is C24H23N3O2. The molecule has 0 aliphatic heterocycles. The fourth-order valence-corrected chi connectivity index (χ4v) is 3.42. The maximum atomic E-state index is 13.2. The summed E-state index contributed by atoms with van der Waals surface area (Å²) in [6.45, 7) is 0.441. The minimum atomic E-state index is -0.126. The number of furan rings is 1. The van der Waals surface area contributed by atoms with Crippen molar-refractivity contribution in [3.8, 4) is 11.3 Å². The fourth-order valence-electron chi connectivity index (χ4n) is 3.42. The van der Waals surface area contributed by atoms with E-state index in [4.69, 9.17) is 9.40 Å². The number of amides is 1. The van der Waals surface area contributed by atoms with Crippen LogP contribution in [0.15, 0.2) is 83.5 Å². The Labute approximate surface area is 170 Å². The van der Waals surface area contributed by atoms with E-state index < -0.39 is 0 Å². The maximum absolute atomic E-state index is 13.2. The van der Waals surface area contributed by atoms with E-state index in [0.717, 1.165) is 27.9 Å². The van der Waals surface area contributed by atoms with Crippen molar-refractivity contribution in [1.82, 2.24) is 15.2 Å². The molecule has 0 saturated carbocycles. The van der Waals surface area contributed by atoms with Crippen molar-refractivity contribution in [3.63, 3.8) is 0 Å². The van der Waals surface area contributed by atoms with E-state index >= 15 is 0 Å². The third-order valence-electron chi connectivity index (χ3n) is 4.98. The Kier molecular flexibility index (Phi) is 5.40. The third kappa shape index (κ3) is 4.05. The van der Waals surface area contributed by atoms with Gasteiger partial charge in [-0.3, -0.25) is 9.69 Å². The van der Waals surface area contributed by atoms with E-state index in [-0.39, 0.29) is 11.9 Å². The molecule has 0 unspecified atom stereocenters. The van der Waals surface area contributed by atoms with E-state index in [2.05, 4.69) is 5.32 Å². The van der Waals surface area contributed by atoms with Crippen LogP contribution in [0.5, 0.6) is 0 Å². The lowest BCUT2D eigenvalue weighted by atomic mass is 10.0. The number of carbonyl (C=O) groups excluding carboxylic acids is 1. The molecule has 2 aromatic heterocycles. The minimum absolute atomic E-state index is 0.0457. The summed E-state index contributed by atoms with van der Waals surface area (Å²) in [5.41, 5.74) is 3.18. The monoisotopic (exact) mass is 385 g/mol. The number of hydrogen-bond acceptors (Lipinski definition) is 4. The highest BCUT2D eigenvalue weighted by Crippen LogP contribution is 2.25. The quantitative estimate of drug-likeness (QED) is 0.530. The molecule has 0 spiro atoms. The summed E-state index contributed by atoms with van der Waals surface area (Å²) in [5.74, 6) is 0.694. The predicted molar refractivity (Wildman–Crippen MR) is 115 cm³/mol. The van der Waals surface area contributed by atoms with Crippen LogP contribution in [0.1, 0.15) is 22.2 Å². The van der Waals surface area contributed by atoms with Crippen LogP contribution in [0.3, 0.4) is 0 Å². The van der Waals surface area contributed by atoms with Crippen LogP contribution in [-0.2, 0) is 0 Å². The van der Waals surface area contributed by atoms with Crippen molar-refractivity contribution in [2.24, 2.45) is 0 Å². The van der Waals surface area contributed by atoms with Gasteiger partial charge in [-0.1, -0.05) is 48.5 Å². The number of likely N-dealkylation sites (N-methyl/N-ethyl adjacent to an activating group) is 1. The number of nitrogens with one attached hydrogen (secondary N) is 1. The number of aromatic nitrogens is 1. The number of fused-ring (bicyclic) bond motifs is 1.